The lowest BCUT2D eigenvalue weighted by atomic mass is 10.2. The van der Waals surface area contributed by atoms with E-state index < -0.39 is 5.82 Å². The molecule has 6 heteroatoms. The first-order valence-corrected chi connectivity index (χ1v) is 4.92. The van der Waals surface area contributed by atoms with Gasteiger partial charge in [0, 0.05) is 6.07 Å². The third kappa shape index (κ3) is 1.50. The van der Waals surface area contributed by atoms with Crippen molar-refractivity contribution >= 4 is 10.9 Å². The third-order valence-electron chi connectivity index (χ3n) is 2.47. The van der Waals surface area contributed by atoms with Gasteiger partial charge in [-0.05, 0) is 18.2 Å². The van der Waals surface area contributed by atoms with Crippen molar-refractivity contribution in [1.29, 1.82) is 0 Å². The van der Waals surface area contributed by atoms with Gasteiger partial charge >= 0.3 is 0 Å². The van der Waals surface area contributed by atoms with Crippen molar-refractivity contribution in [2.45, 2.75) is 0 Å². The smallest absolute Gasteiger partial charge is 0.267 e. The Labute approximate surface area is 94.5 Å². The number of hydrogen-bond donors (Lipinski definition) is 1. The normalized spacial score (nSPS) is 10.9. The molecule has 0 fully saturated rings. The zero-order chi connectivity index (χ0) is 11.8. The maximum Gasteiger partial charge on any atom is 0.267 e. The fourth-order valence-corrected chi connectivity index (χ4v) is 1.65. The van der Waals surface area contributed by atoms with Crippen LogP contribution >= 0.6 is 0 Å². The number of H-pyrrole nitrogens is 1. The van der Waals surface area contributed by atoms with Crippen molar-refractivity contribution in [1.82, 2.24) is 19.7 Å². The van der Waals surface area contributed by atoms with Gasteiger partial charge in [-0.15, -0.1) is 0 Å². The molecule has 0 bridgehead atoms. The van der Waals surface area contributed by atoms with Crippen molar-refractivity contribution in [2.75, 3.05) is 0 Å². The lowest BCUT2D eigenvalue weighted by Crippen LogP contribution is -2.19. The molecule has 0 saturated carbocycles. The summed E-state index contributed by atoms with van der Waals surface area (Å²) in [5, 5.41) is 6.64. The zero-order valence-electron chi connectivity index (χ0n) is 8.59. The molecule has 3 aromatic rings. The molecule has 0 atom stereocenters. The van der Waals surface area contributed by atoms with Gasteiger partial charge in [-0.2, -0.15) is 5.10 Å². The first-order chi connectivity index (χ1) is 8.25. The molecular formula is C11H7FN4O. The van der Waals surface area contributed by atoms with Gasteiger partial charge in [0.15, 0.2) is 0 Å². The highest BCUT2D eigenvalue weighted by molar-refractivity contribution is 5.77. The largest absolute Gasteiger partial charge is 0.268 e. The summed E-state index contributed by atoms with van der Waals surface area (Å²) in [4.78, 5) is 16.2. The predicted molar refractivity (Wildman–Crippen MR) is 59.4 cm³/mol. The summed E-state index contributed by atoms with van der Waals surface area (Å²) >= 11 is 0. The van der Waals surface area contributed by atoms with Crippen LogP contribution in [0.15, 0.2) is 41.6 Å². The molecule has 1 N–H and O–H groups in total. The molecule has 5 nitrogen and oxygen atoms in total. The molecule has 0 unspecified atom stereocenters. The van der Waals surface area contributed by atoms with E-state index in [9.17, 15) is 9.18 Å². The Morgan fingerprint density at radius 2 is 2.18 bits per heavy atom. The molecule has 0 amide bonds. The minimum atomic E-state index is -0.459. The number of halogens is 1. The van der Waals surface area contributed by atoms with Gasteiger partial charge < -0.3 is 0 Å². The Hall–Kier alpha value is -2.50. The number of nitrogens with zero attached hydrogens (tertiary/aromatic N) is 3. The van der Waals surface area contributed by atoms with Crippen LogP contribution < -0.4 is 5.56 Å². The van der Waals surface area contributed by atoms with Gasteiger partial charge in [0.1, 0.15) is 18.0 Å². The fraction of sp³-hybridized carbons (Fsp3) is 0. The quantitative estimate of drug-likeness (QED) is 0.684. The standard InChI is InChI=1S/C11H7FN4O/c12-7-1-2-9-8(5-7)11(17)16(6-13-9)10-3-4-14-15-10/h1-6H,(H,14,15). The number of hydrogen-bond acceptors (Lipinski definition) is 3. The van der Waals surface area contributed by atoms with E-state index in [1.165, 1.54) is 35.3 Å². The van der Waals surface area contributed by atoms with Crippen molar-refractivity contribution in [3.63, 3.8) is 0 Å². The van der Waals surface area contributed by atoms with Crippen molar-refractivity contribution < 1.29 is 4.39 Å². The van der Waals surface area contributed by atoms with Gasteiger partial charge in [-0.1, -0.05) is 0 Å². The summed E-state index contributed by atoms with van der Waals surface area (Å²) in [7, 11) is 0. The van der Waals surface area contributed by atoms with Gasteiger partial charge in [0.2, 0.25) is 0 Å². The number of aromatic nitrogens is 4. The Morgan fingerprint density at radius 3 is 2.94 bits per heavy atom. The molecule has 0 saturated heterocycles. The molecule has 17 heavy (non-hydrogen) atoms. The Balaban J connectivity index is 2.36. The molecule has 0 spiro atoms. The van der Waals surface area contributed by atoms with Crippen molar-refractivity contribution in [3.8, 4) is 5.82 Å². The summed E-state index contributed by atoms with van der Waals surface area (Å²) in [5.74, 6) is 0.0346. The third-order valence-corrected chi connectivity index (χ3v) is 2.47. The van der Waals surface area contributed by atoms with E-state index in [2.05, 4.69) is 15.2 Å². The fourth-order valence-electron chi connectivity index (χ4n) is 1.65. The van der Waals surface area contributed by atoms with Crippen LogP contribution in [0.25, 0.3) is 16.7 Å². The Morgan fingerprint density at radius 1 is 1.29 bits per heavy atom. The molecule has 0 aliphatic heterocycles. The van der Waals surface area contributed by atoms with Crippen LogP contribution in [-0.4, -0.2) is 19.7 Å². The second kappa shape index (κ2) is 3.51. The minimum Gasteiger partial charge on any atom is -0.268 e. The maximum absolute atomic E-state index is 13.1. The molecule has 0 radical (unpaired) electrons. The molecular weight excluding hydrogens is 223 g/mol. The number of aromatic amines is 1. The van der Waals surface area contributed by atoms with E-state index in [0.29, 0.717) is 11.3 Å². The van der Waals surface area contributed by atoms with Gasteiger partial charge in [-0.25, -0.2) is 9.37 Å². The first kappa shape index (κ1) is 9.71. The lowest BCUT2D eigenvalue weighted by molar-refractivity contribution is 0.629. The van der Waals surface area contributed by atoms with Crippen molar-refractivity contribution in [3.05, 3.63) is 53.0 Å². The SMILES string of the molecule is O=c1c2cc(F)ccc2ncn1-c1ccn[nH]1. The molecule has 2 heterocycles. The second-order valence-corrected chi connectivity index (χ2v) is 3.52. The van der Waals surface area contributed by atoms with Crippen LogP contribution in [0.5, 0.6) is 0 Å². The summed E-state index contributed by atoms with van der Waals surface area (Å²) in [6.07, 6.45) is 2.91. The lowest BCUT2D eigenvalue weighted by Gasteiger charge is -2.03. The molecule has 0 aliphatic rings. The van der Waals surface area contributed by atoms with E-state index in [-0.39, 0.29) is 10.9 Å². The van der Waals surface area contributed by atoms with Crippen LogP contribution in [0.2, 0.25) is 0 Å². The Kier molecular flexibility index (Phi) is 2.01. The first-order valence-electron chi connectivity index (χ1n) is 4.92. The van der Waals surface area contributed by atoms with Crippen LogP contribution in [0.3, 0.4) is 0 Å². The Bertz CT molecular complexity index is 733. The molecule has 3 rings (SSSR count). The number of fused-ring (bicyclic) bond motifs is 1. The summed E-state index contributed by atoms with van der Waals surface area (Å²) in [6, 6.07) is 5.56. The van der Waals surface area contributed by atoms with Gasteiger partial charge in [-0.3, -0.25) is 14.5 Å². The maximum atomic E-state index is 13.1. The number of benzene rings is 1. The highest BCUT2D eigenvalue weighted by atomic mass is 19.1. The zero-order valence-corrected chi connectivity index (χ0v) is 8.59. The van der Waals surface area contributed by atoms with E-state index in [4.69, 9.17) is 0 Å². The van der Waals surface area contributed by atoms with Crippen LogP contribution in [0, 0.1) is 5.82 Å². The summed E-state index contributed by atoms with van der Waals surface area (Å²) < 4.78 is 14.4. The summed E-state index contributed by atoms with van der Waals surface area (Å²) in [6.45, 7) is 0. The summed E-state index contributed by atoms with van der Waals surface area (Å²) in [5.41, 5.74) is 0.130. The average molecular weight is 230 g/mol. The molecule has 1 aromatic carbocycles. The van der Waals surface area contributed by atoms with E-state index in [0.717, 1.165) is 0 Å². The van der Waals surface area contributed by atoms with Gasteiger partial charge in [0.25, 0.3) is 5.56 Å². The predicted octanol–water partition coefficient (Wildman–Crippen LogP) is 1.25. The number of nitrogens with one attached hydrogen (secondary N) is 1. The number of rotatable bonds is 1. The average Bonchev–Trinajstić information content (AvgIpc) is 2.84. The molecule has 2 aromatic heterocycles. The van der Waals surface area contributed by atoms with Crippen LogP contribution in [-0.2, 0) is 0 Å². The molecule has 0 aliphatic carbocycles. The van der Waals surface area contributed by atoms with Gasteiger partial charge in [0.05, 0.1) is 17.1 Å². The minimum absolute atomic E-state index is 0.238. The van der Waals surface area contributed by atoms with E-state index in [1.807, 2.05) is 0 Å². The highest BCUT2D eigenvalue weighted by Gasteiger charge is 2.07. The van der Waals surface area contributed by atoms with E-state index in [1.54, 1.807) is 6.07 Å². The van der Waals surface area contributed by atoms with E-state index >= 15 is 0 Å². The highest BCUT2D eigenvalue weighted by Crippen LogP contribution is 2.09. The monoisotopic (exact) mass is 230 g/mol. The van der Waals surface area contributed by atoms with Crippen LogP contribution in [0.4, 0.5) is 4.39 Å². The van der Waals surface area contributed by atoms with Crippen molar-refractivity contribution in [2.24, 2.45) is 0 Å². The molecule has 84 valence electrons. The van der Waals surface area contributed by atoms with Crippen LogP contribution in [0.1, 0.15) is 0 Å². The second-order valence-electron chi connectivity index (χ2n) is 3.52. The topological polar surface area (TPSA) is 63.6 Å².